The molecule has 0 aromatic heterocycles. The molecular formula is C49H54N4O12S2. The predicted octanol–water partition coefficient (Wildman–Crippen LogP) is 11.4. The summed E-state index contributed by atoms with van der Waals surface area (Å²) in [5, 5.41) is 33.9. The minimum absolute atomic E-state index is 0.0314. The smallest absolute Gasteiger partial charge is 0.296 e. The quantitative estimate of drug-likeness (QED) is 0.0178. The Kier molecular flexibility index (Phi) is 14.8. The number of carbonyl (C=O) groups is 2. The first-order valence-electron chi connectivity index (χ1n) is 21.5. The van der Waals surface area contributed by atoms with Gasteiger partial charge >= 0.3 is 0 Å². The van der Waals surface area contributed by atoms with Crippen molar-refractivity contribution in [1.82, 2.24) is 5.06 Å². The van der Waals surface area contributed by atoms with Crippen molar-refractivity contribution < 1.29 is 55.3 Å². The van der Waals surface area contributed by atoms with Gasteiger partial charge in [-0.25, -0.2) is 5.06 Å². The molecular weight excluding hydrogens is 901 g/mol. The second-order valence-electron chi connectivity index (χ2n) is 17.4. The largest absolute Gasteiger partial charge is 0.505 e. The van der Waals surface area contributed by atoms with Gasteiger partial charge in [0.15, 0.2) is 5.75 Å². The zero-order chi connectivity index (χ0) is 49.1. The third kappa shape index (κ3) is 11.6. The number of benzene rings is 6. The SMILES string of the molecule is CCC(C)(C)c1ccc(OCCCCN(O)C(=O)c2cc(Oc3ccc(N=Nc4c(S(=O)(=O)O)cc5cc(S(=O)(=O)O)cc(NC(C)=O)c5c4O)cc3)c3ccccc3c2)c(C(C)(C)CC)c1. The molecule has 2 amide bonds. The highest BCUT2D eigenvalue weighted by atomic mass is 32.2. The van der Waals surface area contributed by atoms with E-state index in [4.69, 9.17) is 9.47 Å². The summed E-state index contributed by atoms with van der Waals surface area (Å²) in [6.07, 6.45) is 3.01. The minimum atomic E-state index is -5.12. The van der Waals surface area contributed by atoms with Gasteiger partial charge in [-0.15, -0.1) is 5.11 Å². The molecule has 0 saturated carbocycles. The standard InChI is InChI=1S/C49H54N4O12S2/c1-8-48(4,5)34-16-21-41(39(28-34)49(6,7)9-2)64-23-13-12-22-53(57)47(56)33-24-31-14-10-11-15-38(31)42(26-33)65-36-19-17-35(18-20-36)51-52-45-43(67(61,62)63)27-32-25-37(66(58,59)60)29-40(50-30(3)54)44(32)46(45)55/h10-11,14-21,24-29,55,57H,8-9,12-13,22-23H2,1-7H3,(H,50,54)(H,58,59,60)(H,61,62,63). The average Bonchev–Trinajstić information content (AvgIpc) is 3.27. The van der Waals surface area contributed by atoms with Crippen molar-refractivity contribution >= 4 is 70.7 Å². The number of anilines is 1. The summed E-state index contributed by atoms with van der Waals surface area (Å²) in [7, 11) is -9.98. The molecule has 354 valence electrons. The van der Waals surface area contributed by atoms with Crippen LogP contribution in [0.15, 0.2) is 117 Å². The summed E-state index contributed by atoms with van der Waals surface area (Å²) in [6.45, 7) is 14.8. The van der Waals surface area contributed by atoms with Gasteiger partial charge in [0.1, 0.15) is 27.8 Å². The molecule has 0 aliphatic carbocycles. The first-order valence-corrected chi connectivity index (χ1v) is 24.4. The minimum Gasteiger partial charge on any atom is -0.505 e. The van der Waals surface area contributed by atoms with Crippen LogP contribution in [0.3, 0.4) is 0 Å². The van der Waals surface area contributed by atoms with E-state index in [0.29, 0.717) is 46.8 Å². The normalized spacial score (nSPS) is 12.4. The van der Waals surface area contributed by atoms with Crippen LogP contribution in [-0.4, -0.2) is 66.3 Å². The number of hydrogen-bond acceptors (Lipinski definition) is 12. The summed E-state index contributed by atoms with van der Waals surface area (Å²) in [5.74, 6) is -0.758. The summed E-state index contributed by atoms with van der Waals surface area (Å²) in [5.41, 5.74) is 1.63. The second-order valence-corrected chi connectivity index (χ2v) is 20.2. The highest BCUT2D eigenvalue weighted by Crippen LogP contribution is 2.46. The lowest BCUT2D eigenvalue weighted by atomic mass is 9.76. The molecule has 67 heavy (non-hydrogen) atoms. The van der Waals surface area contributed by atoms with Crippen molar-refractivity contribution in [3.63, 3.8) is 0 Å². The number of unbranched alkanes of at least 4 members (excludes halogenated alkanes) is 1. The lowest BCUT2D eigenvalue weighted by Gasteiger charge is -2.30. The highest BCUT2D eigenvalue weighted by Gasteiger charge is 2.28. The number of ether oxygens (including phenoxy) is 2. The molecule has 0 saturated heterocycles. The van der Waals surface area contributed by atoms with E-state index >= 15 is 0 Å². The Morgan fingerprint density at radius 2 is 1.45 bits per heavy atom. The van der Waals surface area contributed by atoms with E-state index in [1.165, 1.54) is 35.9 Å². The van der Waals surface area contributed by atoms with E-state index in [2.05, 4.69) is 69.2 Å². The third-order valence-electron chi connectivity index (χ3n) is 11.9. The molecule has 0 bridgehead atoms. The molecule has 0 aliphatic rings. The van der Waals surface area contributed by atoms with Crippen LogP contribution in [0.5, 0.6) is 23.0 Å². The van der Waals surface area contributed by atoms with Gasteiger partial charge in [-0.1, -0.05) is 77.9 Å². The van der Waals surface area contributed by atoms with Gasteiger partial charge in [0.25, 0.3) is 26.1 Å². The first-order chi connectivity index (χ1) is 31.4. The number of hydroxylamine groups is 2. The Bertz CT molecular complexity index is 3120. The number of nitrogens with one attached hydrogen (secondary N) is 1. The van der Waals surface area contributed by atoms with Gasteiger partial charge in [0.05, 0.1) is 22.9 Å². The fraction of sp³-hybridized carbons (Fsp3) is 0.306. The summed E-state index contributed by atoms with van der Waals surface area (Å²) >= 11 is 0. The van der Waals surface area contributed by atoms with Crippen molar-refractivity contribution in [1.29, 1.82) is 0 Å². The van der Waals surface area contributed by atoms with E-state index in [9.17, 15) is 45.8 Å². The number of hydrogen-bond donors (Lipinski definition) is 5. The molecule has 5 N–H and O–H groups in total. The second kappa shape index (κ2) is 19.8. The van der Waals surface area contributed by atoms with Gasteiger partial charge in [-0.2, -0.15) is 21.9 Å². The maximum atomic E-state index is 13.6. The van der Waals surface area contributed by atoms with E-state index in [0.717, 1.165) is 49.3 Å². The van der Waals surface area contributed by atoms with Crippen LogP contribution >= 0.6 is 0 Å². The zero-order valence-corrected chi connectivity index (χ0v) is 39.8. The van der Waals surface area contributed by atoms with Crippen LogP contribution in [0.25, 0.3) is 21.5 Å². The molecule has 0 unspecified atom stereocenters. The summed E-state index contributed by atoms with van der Waals surface area (Å²) in [6, 6.07) is 25.3. The van der Waals surface area contributed by atoms with Gasteiger partial charge in [0.2, 0.25) is 5.91 Å². The number of rotatable bonds is 18. The van der Waals surface area contributed by atoms with Gasteiger partial charge in [-0.3, -0.25) is 23.9 Å². The van der Waals surface area contributed by atoms with Gasteiger partial charge in [-0.05, 0) is 114 Å². The number of phenols is 1. The van der Waals surface area contributed by atoms with Crippen molar-refractivity contribution in [3.8, 4) is 23.0 Å². The summed E-state index contributed by atoms with van der Waals surface area (Å²) < 4.78 is 81.0. The fourth-order valence-corrected chi connectivity index (χ4v) is 8.49. The maximum Gasteiger partial charge on any atom is 0.296 e. The van der Waals surface area contributed by atoms with E-state index < -0.39 is 53.3 Å². The molecule has 0 spiro atoms. The lowest BCUT2D eigenvalue weighted by molar-refractivity contribution is -0.114. The molecule has 6 aromatic rings. The topological polar surface area (TPSA) is 242 Å². The van der Waals surface area contributed by atoms with Gasteiger partial charge in [0, 0.05) is 35.4 Å². The van der Waals surface area contributed by atoms with E-state index in [-0.39, 0.29) is 45.1 Å². The summed E-state index contributed by atoms with van der Waals surface area (Å²) in [4.78, 5) is 23.9. The molecule has 16 nitrogen and oxygen atoms in total. The number of nitrogens with zero attached hydrogens (tertiary/aromatic N) is 3. The van der Waals surface area contributed by atoms with Crippen molar-refractivity contribution in [2.75, 3.05) is 18.5 Å². The fourth-order valence-electron chi connectivity index (χ4n) is 7.29. The van der Waals surface area contributed by atoms with Gasteiger partial charge < -0.3 is 19.9 Å². The Morgan fingerprint density at radius 3 is 2.09 bits per heavy atom. The maximum absolute atomic E-state index is 13.6. The van der Waals surface area contributed by atoms with Crippen molar-refractivity contribution in [2.45, 2.75) is 94.8 Å². The Labute approximate surface area is 389 Å². The number of phenolic OH excluding ortho intramolecular Hbond substituents is 1. The number of amides is 2. The number of carbonyl (C=O) groups excluding carboxylic acids is 2. The molecule has 0 atom stereocenters. The highest BCUT2D eigenvalue weighted by molar-refractivity contribution is 7.86. The monoisotopic (exact) mass is 954 g/mol. The van der Waals surface area contributed by atoms with Crippen LogP contribution in [0, 0.1) is 0 Å². The average molecular weight is 955 g/mol. The lowest BCUT2D eigenvalue weighted by Crippen LogP contribution is -2.28. The first kappa shape index (κ1) is 50.0. The molecule has 0 fully saturated rings. The predicted molar refractivity (Wildman–Crippen MR) is 255 cm³/mol. The molecule has 6 rings (SSSR count). The Balaban J connectivity index is 1.17. The van der Waals surface area contributed by atoms with Crippen molar-refractivity contribution in [3.05, 3.63) is 114 Å². The number of aromatic hydroxyl groups is 1. The molecule has 0 radical (unpaired) electrons. The molecule has 18 heteroatoms. The number of fused-ring (bicyclic) bond motifs is 2. The van der Waals surface area contributed by atoms with E-state index in [1.807, 2.05) is 18.2 Å². The molecule has 6 aromatic carbocycles. The molecule has 0 aliphatic heterocycles. The van der Waals surface area contributed by atoms with Crippen LogP contribution < -0.4 is 14.8 Å². The zero-order valence-electron chi connectivity index (χ0n) is 38.2. The van der Waals surface area contributed by atoms with Crippen LogP contribution in [0.1, 0.15) is 95.6 Å². The van der Waals surface area contributed by atoms with E-state index in [1.54, 1.807) is 18.2 Å². The van der Waals surface area contributed by atoms with Crippen molar-refractivity contribution in [2.24, 2.45) is 10.2 Å². The van der Waals surface area contributed by atoms with Crippen LogP contribution in [0.4, 0.5) is 17.1 Å². The van der Waals surface area contributed by atoms with Crippen LogP contribution in [0.2, 0.25) is 0 Å². The number of azo groups is 1. The third-order valence-corrected chi connectivity index (χ3v) is 13.6. The Morgan fingerprint density at radius 1 is 0.761 bits per heavy atom. The molecule has 0 heterocycles. The Hall–Kier alpha value is -6.44. The van der Waals surface area contributed by atoms with Crippen LogP contribution in [-0.2, 0) is 35.9 Å².